The number of nitrogens with zero attached hydrogens (tertiary/aromatic N) is 1. The van der Waals surface area contributed by atoms with Crippen molar-refractivity contribution >= 4 is 25.9 Å². The van der Waals surface area contributed by atoms with E-state index in [-0.39, 0.29) is 9.79 Å². The van der Waals surface area contributed by atoms with Crippen LogP contribution in [0.15, 0.2) is 69.5 Å². The van der Waals surface area contributed by atoms with Gasteiger partial charge in [0, 0.05) is 0 Å². The molecule has 0 aliphatic heterocycles. The summed E-state index contributed by atoms with van der Waals surface area (Å²) in [6.45, 7) is 8.93. The third kappa shape index (κ3) is 9.57. The summed E-state index contributed by atoms with van der Waals surface area (Å²) in [6.07, 6.45) is 0. The van der Waals surface area contributed by atoms with Gasteiger partial charge in [-0.15, -0.1) is 0 Å². The molecule has 0 bridgehead atoms. The zero-order valence-electron chi connectivity index (χ0n) is 20.4. The van der Waals surface area contributed by atoms with Gasteiger partial charge < -0.3 is 13.8 Å². The number of nitrogens with two attached hydrogens (primary N) is 1. The number of hydrogen-bond acceptors (Lipinski definition) is 8. The van der Waals surface area contributed by atoms with Crippen molar-refractivity contribution < 1.29 is 36.2 Å². The van der Waals surface area contributed by atoms with Crippen molar-refractivity contribution in [3.05, 3.63) is 82.4 Å². The average molecular weight is 522 g/mol. The lowest BCUT2D eigenvalue weighted by molar-refractivity contribution is -0.210. The summed E-state index contributed by atoms with van der Waals surface area (Å²) in [5.74, 6) is 0.715. The lowest BCUT2D eigenvalue weighted by atomic mass is 10.1. The van der Waals surface area contributed by atoms with Crippen LogP contribution in [0.5, 0.6) is 5.75 Å². The third-order valence-electron chi connectivity index (χ3n) is 4.64. The topological polar surface area (TPSA) is 162 Å². The van der Waals surface area contributed by atoms with E-state index in [1.165, 1.54) is 12.1 Å². The molecule has 11 heteroatoms. The van der Waals surface area contributed by atoms with Gasteiger partial charge in [0.1, 0.15) is 20.2 Å². The molecule has 0 heterocycles. The Morgan fingerprint density at radius 1 is 0.714 bits per heavy atom. The predicted molar refractivity (Wildman–Crippen MR) is 130 cm³/mol. The highest BCUT2D eigenvalue weighted by molar-refractivity contribution is 7.86. The number of rotatable bonds is 4. The highest BCUT2D eigenvalue weighted by Gasteiger charge is 2.09. The molecule has 0 fully saturated rings. The second-order valence-corrected chi connectivity index (χ2v) is 10.4. The highest BCUT2D eigenvalue weighted by atomic mass is 32.2. The Balaban J connectivity index is 0.000000264. The van der Waals surface area contributed by atoms with Crippen molar-refractivity contribution in [2.24, 2.45) is 5.11 Å². The number of ether oxygens (including phenoxy) is 1. The van der Waals surface area contributed by atoms with E-state index in [2.05, 4.69) is 5.11 Å². The quantitative estimate of drug-likeness (QED) is 0.407. The Labute approximate surface area is 206 Å². The van der Waals surface area contributed by atoms with Gasteiger partial charge in [-0.25, -0.2) is 16.8 Å². The summed E-state index contributed by atoms with van der Waals surface area (Å²) in [6, 6.07) is 14.8. The summed E-state index contributed by atoms with van der Waals surface area (Å²) < 4.78 is 68.7. The first-order chi connectivity index (χ1) is 16.1. The van der Waals surface area contributed by atoms with E-state index in [4.69, 9.17) is 10.3 Å². The number of methoxy groups -OCH3 is 1. The summed E-state index contributed by atoms with van der Waals surface area (Å²) in [4.78, 5) is -0.263. The zero-order valence-corrected chi connectivity index (χ0v) is 22.0. The fourth-order valence-electron chi connectivity index (χ4n) is 3.16. The maximum Gasteiger partial charge on any atom is 0.171 e. The highest BCUT2D eigenvalue weighted by Crippen LogP contribution is 2.26. The van der Waals surface area contributed by atoms with Crippen LogP contribution in [0.25, 0.3) is 0 Å². The second kappa shape index (κ2) is 12.5. The molecule has 0 amide bonds. The second-order valence-electron chi connectivity index (χ2n) is 7.75. The van der Waals surface area contributed by atoms with Crippen molar-refractivity contribution in [1.29, 1.82) is 0 Å². The van der Waals surface area contributed by atoms with E-state index in [0.29, 0.717) is 22.6 Å². The molecule has 0 saturated carbocycles. The van der Waals surface area contributed by atoms with E-state index in [1.54, 1.807) is 45.2 Å². The van der Waals surface area contributed by atoms with Gasteiger partial charge in [0.2, 0.25) is 0 Å². The van der Waals surface area contributed by atoms with E-state index >= 15 is 0 Å². The molecule has 3 aromatic carbocycles. The minimum atomic E-state index is -4.33. The first-order valence-corrected chi connectivity index (χ1v) is 13.0. The van der Waals surface area contributed by atoms with Crippen LogP contribution in [0.3, 0.4) is 0 Å². The maximum atomic E-state index is 10.8. The fraction of sp³-hybridized carbons (Fsp3) is 0.250. The van der Waals surface area contributed by atoms with Crippen LogP contribution in [0.2, 0.25) is 0 Å². The molecule has 3 rings (SSSR count). The van der Waals surface area contributed by atoms with E-state index in [1.807, 2.05) is 39.0 Å². The standard InChI is InChI=1S/C9H12O3S.C8H10N2O.C7H8O3S/c1-6-4-7(2)9(8(3)5-6)13(10,11)12;1-6-3-4-7(10-9)8(5-6)11-2;1-6-2-4-7(5-3-6)11(8,9)10/h4-5H,1-3H3,(H,10,11,12);3-5,9H,1-2H3;2-5H,1H3,(H,8,9,10)/p-1. The summed E-state index contributed by atoms with van der Waals surface area (Å²) >= 11 is 0. The van der Waals surface area contributed by atoms with Crippen LogP contribution in [0.1, 0.15) is 27.8 Å². The molecule has 190 valence electrons. The monoisotopic (exact) mass is 521 g/mol. The molecule has 0 radical (unpaired) electrons. The van der Waals surface area contributed by atoms with Crippen LogP contribution >= 0.6 is 0 Å². The van der Waals surface area contributed by atoms with Gasteiger partial charge in [-0.2, -0.15) is 5.53 Å². The van der Waals surface area contributed by atoms with Gasteiger partial charge in [0.15, 0.2) is 11.4 Å². The first kappa shape index (κ1) is 29.9. The molecule has 9 nitrogen and oxygen atoms in total. The van der Waals surface area contributed by atoms with Gasteiger partial charge in [-0.3, -0.25) is 0 Å². The normalized spacial score (nSPS) is 10.9. The van der Waals surface area contributed by atoms with Crippen LogP contribution in [-0.2, 0) is 20.2 Å². The molecule has 0 aliphatic carbocycles. The van der Waals surface area contributed by atoms with E-state index in [0.717, 1.165) is 16.7 Å². The molecule has 0 saturated heterocycles. The molecule has 2 N–H and O–H groups in total. The Hall–Kier alpha value is -3.12. The Morgan fingerprint density at radius 2 is 1.20 bits per heavy atom. The minimum Gasteiger partial charge on any atom is -0.744 e. The summed E-state index contributed by atoms with van der Waals surface area (Å²) in [7, 11) is -7.00. The maximum absolute atomic E-state index is 10.8. The molecule has 0 aliphatic rings. The Kier molecular flexibility index (Phi) is 10.7. The Morgan fingerprint density at radius 3 is 1.60 bits per heavy atom. The van der Waals surface area contributed by atoms with Gasteiger partial charge in [-0.05, 0) is 80.7 Å². The molecular formula is C24H29N2O7S2-. The average Bonchev–Trinajstić information content (AvgIpc) is 2.72. The van der Waals surface area contributed by atoms with Crippen LogP contribution in [0.4, 0.5) is 5.69 Å². The predicted octanol–water partition coefficient (Wildman–Crippen LogP) is 3.26. The zero-order chi connectivity index (χ0) is 27.0. The van der Waals surface area contributed by atoms with E-state index in [9.17, 15) is 25.9 Å². The molecular weight excluding hydrogens is 492 g/mol. The van der Waals surface area contributed by atoms with Crippen molar-refractivity contribution in [2.75, 3.05) is 7.11 Å². The SMILES string of the molecule is COc1cc(C)ccc1N=[NH2+].Cc1cc(C)c(S(=O)(=O)[O-])c(C)c1.Cc1ccc(S(=O)(=O)[O-])cc1. The largest absolute Gasteiger partial charge is 0.744 e. The molecule has 0 aromatic heterocycles. The van der Waals surface area contributed by atoms with Gasteiger partial charge in [0.05, 0.1) is 16.9 Å². The summed E-state index contributed by atoms with van der Waals surface area (Å²) in [5, 5.41) is 3.56. The van der Waals surface area contributed by atoms with Crippen molar-refractivity contribution in [1.82, 2.24) is 0 Å². The van der Waals surface area contributed by atoms with Crippen LogP contribution in [0, 0.1) is 34.6 Å². The molecule has 35 heavy (non-hydrogen) atoms. The summed E-state index contributed by atoms with van der Waals surface area (Å²) in [5.41, 5.74) is 9.86. The van der Waals surface area contributed by atoms with Crippen molar-refractivity contribution in [3.63, 3.8) is 0 Å². The van der Waals surface area contributed by atoms with Crippen molar-refractivity contribution in [2.45, 2.75) is 44.4 Å². The molecule has 3 aromatic rings. The van der Waals surface area contributed by atoms with Crippen LogP contribution in [-0.4, -0.2) is 33.1 Å². The molecule has 0 atom stereocenters. The smallest absolute Gasteiger partial charge is 0.171 e. The number of benzene rings is 3. The van der Waals surface area contributed by atoms with E-state index < -0.39 is 20.2 Å². The first-order valence-electron chi connectivity index (χ1n) is 10.2. The third-order valence-corrected chi connectivity index (χ3v) is 6.63. The van der Waals surface area contributed by atoms with Gasteiger partial charge in [0.25, 0.3) is 0 Å². The lowest BCUT2D eigenvalue weighted by Gasteiger charge is -2.14. The van der Waals surface area contributed by atoms with Crippen molar-refractivity contribution in [3.8, 4) is 5.75 Å². The van der Waals surface area contributed by atoms with Crippen LogP contribution < -0.4 is 10.3 Å². The van der Waals surface area contributed by atoms with Gasteiger partial charge >= 0.3 is 0 Å². The molecule has 0 unspecified atom stereocenters. The number of hydrogen-bond donors (Lipinski definition) is 1. The van der Waals surface area contributed by atoms with Gasteiger partial charge in [-0.1, -0.05) is 41.5 Å². The molecule has 0 spiro atoms. The Bertz CT molecular complexity index is 1360. The fourth-order valence-corrected chi connectivity index (χ4v) is 4.53. The minimum absolute atomic E-state index is 0.0851. The lowest BCUT2D eigenvalue weighted by Crippen LogP contribution is -2.22. The number of aryl methyl sites for hydroxylation is 5.